The lowest BCUT2D eigenvalue weighted by Crippen LogP contribution is -2.14. The number of ketones is 1. The van der Waals surface area contributed by atoms with Crippen molar-refractivity contribution in [2.75, 3.05) is 0 Å². The van der Waals surface area contributed by atoms with Crippen molar-refractivity contribution in [2.45, 2.75) is 5.92 Å². The van der Waals surface area contributed by atoms with Gasteiger partial charge >= 0.3 is 0 Å². The Kier molecular flexibility index (Phi) is 4.20. The minimum absolute atomic E-state index is 0.0818. The molecule has 0 aliphatic carbocycles. The van der Waals surface area contributed by atoms with Gasteiger partial charge in [0.25, 0.3) is 0 Å². The molecule has 6 rings (SSSR count). The molecule has 1 heterocycles. The van der Waals surface area contributed by atoms with Gasteiger partial charge in [0.2, 0.25) is 0 Å². The molecule has 0 radical (unpaired) electrons. The van der Waals surface area contributed by atoms with E-state index in [1.54, 1.807) is 24.3 Å². The van der Waals surface area contributed by atoms with Crippen LogP contribution in [0.5, 0.6) is 17.2 Å². The van der Waals surface area contributed by atoms with Crippen LogP contribution in [0.4, 0.5) is 0 Å². The number of phenolic OH excluding ortho intramolecular Hbond substituents is 1. The number of hydrogen-bond acceptors (Lipinski definition) is 3. The van der Waals surface area contributed by atoms with Gasteiger partial charge in [-0.3, -0.25) is 4.79 Å². The van der Waals surface area contributed by atoms with E-state index in [1.165, 1.54) is 0 Å². The number of aromatic hydroxyl groups is 1. The zero-order valence-corrected chi connectivity index (χ0v) is 17.6. The average Bonchev–Trinajstić information content (AvgIpc) is 2.93. The fraction of sp³-hybridized carbons (Fsp3) is 0.0357. The molecule has 1 aliphatic rings. The first-order valence-electron chi connectivity index (χ1n) is 10.4. The number of carbonyl (C=O) groups excluding carboxylic acids is 1. The van der Waals surface area contributed by atoms with Crippen LogP contribution in [0.15, 0.2) is 91.0 Å². The maximum atomic E-state index is 14.1. The highest BCUT2D eigenvalue weighted by molar-refractivity contribution is 6.31. The number of ether oxygens (including phenoxy) is 1. The molecular weight excluding hydrogens is 420 g/mol. The molecule has 5 aromatic carbocycles. The third kappa shape index (κ3) is 2.79. The number of fused-ring (bicyclic) bond motifs is 5. The first kappa shape index (κ1) is 18.9. The van der Waals surface area contributed by atoms with E-state index in [0.29, 0.717) is 27.6 Å². The summed E-state index contributed by atoms with van der Waals surface area (Å²) < 4.78 is 6.28. The van der Waals surface area contributed by atoms with Crippen molar-refractivity contribution in [3.8, 4) is 17.2 Å². The van der Waals surface area contributed by atoms with Gasteiger partial charge in [0.05, 0.1) is 11.5 Å². The van der Waals surface area contributed by atoms with E-state index in [1.807, 2.05) is 66.7 Å². The van der Waals surface area contributed by atoms with E-state index in [0.717, 1.165) is 27.1 Å². The van der Waals surface area contributed by atoms with Gasteiger partial charge in [0.15, 0.2) is 5.78 Å². The summed E-state index contributed by atoms with van der Waals surface area (Å²) in [6.45, 7) is 0. The molecule has 1 atom stereocenters. The molecule has 0 saturated heterocycles. The predicted molar refractivity (Wildman–Crippen MR) is 127 cm³/mol. The van der Waals surface area contributed by atoms with E-state index in [9.17, 15) is 9.90 Å². The van der Waals surface area contributed by atoms with Gasteiger partial charge in [-0.15, -0.1) is 0 Å². The number of Topliss-reactive ketones (excluding diaryl/α,β-unsaturated/α-hetero) is 1. The predicted octanol–water partition coefficient (Wildman–Crippen LogP) is 7.47. The lowest BCUT2D eigenvalue weighted by molar-refractivity contribution is 0.0974. The van der Waals surface area contributed by atoms with Crippen LogP contribution in [0, 0.1) is 0 Å². The Morgan fingerprint density at radius 3 is 2.12 bits per heavy atom. The van der Waals surface area contributed by atoms with Crippen LogP contribution in [0.3, 0.4) is 0 Å². The van der Waals surface area contributed by atoms with Gasteiger partial charge in [-0.2, -0.15) is 0 Å². The van der Waals surface area contributed by atoms with E-state index in [2.05, 4.69) is 0 Å². The summed E-state index contributed by atoms with van der Waals surface area (Å²) in [5.41, 5.74) is 1.76. The highest BCUT2D eigenvalue weighted by Gasteiger charge is 2.36. The Hall–Kier alpha value is -3.82. The quantitative estimate of drug-likeness (QED) is 0.296. The van der Waals surface area contributed by atoms with Crippen molar-refractivity contribution >= 4 is 38.9 Å². The van der Waals surface area contributed by atoms with Gasteiger partial charge in [0.1, 0.15) is 17.2 Å². The summed E-state index contributed by atoms with van der Waals surface area (Å²) in [6.07, 6.45) is 0. The minimum Gasteiger partial charge on any atom is -0.508 e. The van der Waals surface area contributed by atoms with Crippen molar-refractivity contribution in [2.24, 2.45) is 0 Å². The number of benzene rings is 5. The average molecular weight is 437 g/mol. The third-order valence-electron chi connectivity index (χ3n) is 6.15. The number of carbonyl (C=O) groups is 1. The van der Waals surface area contributed by atoms with Crippen LogP contribution in [-0.4, -0.2) is 10.9 Å². The van der Waals surface area contributed by atoms with E-state index in [-0.39, 0.29) is 11.5 Å². The Morgan fingerprint density at radius 1 is 0.719 bits per heavy atom. The largest absolute Gasteiger partial charge is 0.508 e. The third-order valence-corrected chi connectivity index (χ3v) is 6.38. The molecule has 32 heavy (non-hydrogen) atoms. The van der Waals surface area contributed by atoms with Crippen LogP contribution < -0.4 is 4.74 Å². The zero-order chi connectivity index (χ0) is 21.8. The van der Waals surface area contributed by atoms with Gasteiger partial charge in [-0.1, -0.05) is 72.3 Å². The highest BCUT2D eigenvalue weighted by Crippen LogP contribution is 2.49. The molecule has 0 spiro atoms. The van der Waals surface area contributed by atoms with Crippen molar-refractivity contribution in [3.63, 3.8) is 0 Å². The normalized spacial score (nSPS) is 15.2. The second-order valence-electron chi connectivity index (χ2n) is 7.96. The number of hydrogen-bond donors (Lipinski definition) is 1. The maximum Gasteiger partial charge on any atom is 0.178 e. The Labute approximate surface area is 189 Å². The van der Waals surface area contributed by atoms with Gasteiger partial charge in [-0.25, -0.2) is 0 Å². The summed E-state index contributed by atoms with van der Waals surface area (Å²) in [6, 6.07) is 28.1. The minimum atomic E-state index is -0.746. The lowest BCUT2D eigenvalue weighted by Gasteiger charge is -2.21. The monoisotopic (exact) mass is 436 g/mol. The van der Waals surface area contributed by atoms with E-state index >= 15 is 0 Å². The molecule has 5 aromatic rings. The molecule has 1 unspecified atom stereocenters. The number of halogens is 1. The van der Waals surface area contributed by atoms with Crippen LogP contribution in [0.2, 0.25) is 5.02 Å². The molecule has 0 saturated carbocycles. The first-order valence-corrected chi connectivity index (χ1v) is 10.7. The molecule has 0 fully saturated rings. The molecule has 3 nitrogen and oxygen atoms in total. The van der Waals surface area contributed by atoms with Gasteiger partial charge < -0.3 is 9.84 Å². The molecular formula is C28H17ClO3. The Morgan fingerprint density at radius 2 is 1.38 bits per heavy atom. The molecule has 4 heteroatoms. The number of phenols is 1. The molecule has 154 valence electrons. The summed E-state index contributed by atoms with van der Waals surface area (Å²) in [4.78, 5) is 14.1. The second-order valence-corrected chi connectivity index (χ2v) is 8.39. The fourth-order valence-electron chi connectivity index (χ4n) is 4.71. The maximum absolute atomic E-state index is 14.1. The van der Waals surface area contributed by atoms with Crippen LogP contribution in [0.25, 0.3) is 21.5 Å². The van der Waals surface area contributed by atoms with Gasteiger partial charge in [-0.05, 0) is 45.8 Å². The molecule has 0 aromatic heterocycles. The van der Waals surface area contributed by atoms with Crippen LogP contribution in [-0.2, 0) is 0 Å². The van der Waals surface area contributed by atoms with Crippen LogP contribution in [0.1, 0.15) is 27.4 Å². The highest BCUT2D eigenvalue weighted by atomic mass is 35.5. The Bertz CT molecular complexity index is 1550. The number of rotatable bonds is 1. The van der Waals surface area contributed by atoms with Crippen molar-refractivity contribution in [1.82, 2.24) is 0 Å². The summed E-state index contributed by atoms with van der Waals surface area (Å²) >= 11 is 6.23. The van der Waals surface area contributed by atoms with Crippen molar-refractivity contribution < 1.29 is 14.6 Å². The fourth-order valence-corrected chi connectivity index (χ4v) is 4.88. The van der Waals surface area contributed by atoms with E-state index in [4.69, 9.17) is 16.3 Å². The SMILES string of the molecule is O=C1c2ccc(Cl)cc2Oc2ccc3ccccc3c2C1c1c(O)ccc2ccccc12. The molecule has 1 N–H and O–H groups in total. The lowest BCUT2D eigenvalue weighted by atomic mass is 9.80. The van der Waals surface area contributed by atoms with Crippen molar-refractivity contribution in [1.29, 1.82) is 0 Å². The van der Waals surface area contributed by atoms with Crippen LogP contribution >= 0.6 is 11.6 Å². The summed E-state index contributed by atoms with van der Waals surface area (Å²) in [7, 11) is 0. The second kappa shape index (κ2) is 7.11. The summed E-state index contributed by atoms with van der Waals surface area (Å²) in [5, 5.41) is 15.2. The summed E-state index contributed by atoms with van der Waals surface area (Å²) in [5.74, 6) is 0.193. The smallest absolute Gasteiger partial charge is 0.178 e. The molecule has 1 aliphatic heterocycles. The first-order chi connectivity index (χ1) is 15.6. The molecule has 0 bridgehead atoms. The van der Waals surface area contributed by atoms with Gasteiger partial charge in [0, 0.05) is 22.2 Å². The molecule has 0 amide bonds. The topological polar surface area (TPSA) is 46.5 Å². The van der Waals surface area contributed by atoms with Crippen molar-refractivity contribution in [3.05, 3.63) is 113 Å². The Balaban J connectivity index is 1.77. The zero-order valence-electron chi connectivity index (χ0n) is 16.9. The van der Waals surface area contributed by atoms with E-state index < -0.39 is 5.92 Å². The standard InChI is InChI=1S/C28H17ClO3/c29-18-11-12-21-24(15-18)32-23-14-10-17-6-2-4-8-20(17)26(23)27(28(21)31)25-19-7-3-1-5-16(19)9-13-22(25)30/h1-15,27,30H.